The van der Waals surface area contributed by atoms with Crippen LogP contribution in [0.3, 0.4) is 0 Å². The van der Waals surface area contributed by atoms with Crippen molar-refractivity contribution in [2.24, 2.45) is 0 Å². The first-order valence-electron chi connectivity index (χ1n) is 8.35. The molecule has 0 bridgehead atoms. The van der Waals surface area contributed by atoms with E-state index in [4.69, 9.17) is 0 Å². The minimum atomic E-state index is -0.242. The second-order valence-electron chi connectivity index (χ2n) is 6.10. The number of rotatable bonds is 5. The summed E-state index contributed by atoms with van der Waals surface area (Å²) >= 11 is 0. The Morgan fingerprint density at radius 3 is 2.46 bits per heavy atom. The van der Waals surface area contributed by atoms with E-state index in [1.165, 1.54) is 12.1 Å². The normalized spacial score (nSPS) is 15.5. The van der Waals surface area contributed by atoms with Gasteiger partial charge in [-0.25, -0.2) is 4.39 Å². The van der Waals surface area contributed by atoms with Crippen LogP contribution in [-0.4, -0.2) is 46.9 Å². The maximum absolute atomic E-state index is 12.9. The van der Waals surface area contributed by atoms with Crippen LogP contribution >= 0.6 is 0 Å². The van der Waals surface area contributed by atoms with E-state index in [1.807, 2.05) is 29.3 Å². The molecule has 0 saturated carbocycles. The number of amides is 1. The van der Waals surface area contributed by atoms with E-state index >= 15 is 0 Å². The molecular formula is C19H22FN3O. The van der Waals surface area contributed by atoms with Gasteiger partial charge in [-0.05, 0) is 36.2 Å². The topological polar surface area (TPSA) is 36.4 Å². The summed E-state index contributed by atoms with van der Waals surface area (Å²) in [6.45, 7) is 4.10. The molecule has 0 unspecified atom stereocenters. The summed E-state index contributed by atoms with van der Waals surface area (Å²) in [5.74, 6) is -0.0640. The highest BCUT2D eigenvalue weighted by atomic mass is 19.1. The zero-order chi connectivity index (χ0) is 16.8. The van der Waals surface area contributed by atoms with E-state index in [0.29, 0.717) is 12.8 Å². The molecule has 0 aliphatic carbocycles. The first-order chi connectivity index (χ1) is 11.7. The molecule has 0 atom stereocenters. The third kappa shape index (κ3) is 4.61. The highest BCUT2D eigenvalue weighted by Crippen LogP contribution is 2.10. The Kier molecular flexibility index (Phi) is 5.54. The van der Waals surface area contributed by atoms with Crippen molar-refractivity contribution in [2.75, 3.05) is 26.2 Å². The number of hydrogen-bond acceptors (Lipinski definition) is 3. The van der Waals surface area contributed by atoms with Crippen molar-refractivity contribution in [3.63, 3.8) is 0 Å². The van der Waals surface area contributed by atoms with Crippen molar-refractivity contribution in [1.29, 1.82) is 0 Å². The highest BCUT2D eigenvalue weighted by molar-refractivity contribution is 5.76. The van der Waals surface area contributed by atoms with Crippen molar-refractivity contribution in [3.05, 3.63) is 65.7 Å². The summed E-state index contributed by atoms with van der Waals surface area (Å²) < 4.78 is 12.9. The number of benzene rings is 1. The monoisotopic (exact) mass is 327 g/mol. The fourth-order valence-corrected chi connectivity index (χ4v) is 2.94. The van der Waals surface area contributed by atoms with E-state index in [0.717, 1.165) is 44.0 Å². The molecule has 126 valence electrons. The van der Waals surface area contributed by atoms with E-state index in [-0.39, 0.29) is 11.7 Å². The standard InChI is InChI=1S/C19H22FN3O/c20-17-7-4-16(5-8-17)6-9-19(24)23-13-11-22(12-14-23)15-18-3-1-2-10-21-18/h1-5,7-8,10H,6,9,11-15H2. The van der Waals surface area contributed by atoms with Crippen LogP contribution in [0.4, 0.5) is 4.39 Å². The Labute approximate surface area is 141 Å². The number of carbonyl (C=O) groups is 1. The number of aryl methyl sites for hydroxylation is 1. The summed E-state index contributed by atoms with van der Waals surface area (Å²) in [5.41, 5.74) is 2.06. The summed E-state index contributed by atoms with van der Waals surface area (Å²) in [6.07, 6.45) is 2.95. The molecule has 2 heterocycles. The molecule has 0 radical (unpaired) electrons. The zero-order valence-corrected chi connectivity index (χ0v) is 13.7. The fourth-order valence-electron chi connectivity index (χ4n) is 2.94. The Morgan fingerprint density at radius 1 is 1.04 bits per heavy atom. The van der Waals surface area contributed by atoms with Crippen LogP contribution in [0.5, 0.6) is 0 Å². The van der Waals surface area contributed by atoms with Gasteiger partial charge in [-0.15, -0.1) is 0 Å². The van der Waals surface area contributed by atoms with E-state index in [2.05, 4.69) is 9.88 Å². The molecule has 5 heteroatoms. The molecule has 0 N–H and O–H groups in total. The lowest BCUT2D eigenvalue weighted by Gasteiger charge is -2.34. The van der Waals surface area contributed by atoms with Gasteiger partial charge in [0.15, 0.2) is 0 Å². The van der Waals surface area contributed by atoms with Gasteiger partial charge in [-0.1, -0.05) is 18.2 Å². The Hall–Kier alpha value is -2.27. The third-order valence-electron chi connectivity index (χ3n) is 4.38. The van der Waals surface area contributed by atoms with Crippen molar-refractivity contribution < 1.29 is 9.18 Å². The summed E-state index contributed by atoms with van der Waals surface area (Å²) in [5, 5.41) is 0. The molecule has 1 fully saturated rings. The molecule has 1 saturated heterocycles. The van der Waals surface area contributed by atoms with Gasteiger partial charge in [0.25, 0.3) is 0 Å². The summed E-state index contributed by atoms with van der Waals surface area (Å²) in [4.78, 5) is 20.9. The number of piperazine rings is 1. The number of carbonyl (C=O) groups excluding carboxylic acids is 1. The number of hydrogen-bond donors (Lipinski definition) is 0. The third-order valence-corrected chi connectivity index (χ3v) is 4.38. The van der Waals surface area contributed by atoms with Gasteiger partial charge in [0.2, 0.25) is 5.91 Å². The molecule has 1 aliphatic heterocycles. The molecular weight excluding hydrogens is 305 g/mol. The number of aromatic nitrogens is 1. The highest BCUT2D eigenvalue weighted by Gasteiger charge is 2.21. The quantitative estimate of drug-likeness (QED) is 0.847. The van der Waals surface area contributed by atoms with Crippen LogP contribution in [0.2, 0.25) is 0 Å². The van der Waals surface area contributed by atoms with Crippen LogP contribution in [0.1, 0.15) is 17.7 Å². The molecule has 4 nitrogen and oxygen atoms in total. The lowest BCUT2D eigenvalue weighted by molar-refractivity contribution is -0.133. The maximum Gasteiger partial charge on any atom is 0.222 e. The van der Waals surface area contributed by atoms with Crippen LogP contribution in [-0.2, 0) is 17.8 Å². The van der Waals surface area contributed by atoms with Crippen molar-refractivity contribution in [1.82, 2.24) is 14.8 Å². The molecule has 1 amide bonds. The lowest BCUT2D eigenvalue weighted by atomic mass is 10.1. The van der Waals surface area contributed by atoms with E-state index in [1.54, 1.807) is 12.1 Å². The maximum atomic E-state index is 12.9. The van der Waals surface area contributed by atoms with Crippen molar-refractivity contribution >= 4 is 5.91 Å². The molecule has 3 rings (SSSR count). The second kappa shape index (κ2) is 8.02. The minimum Gasteiger partial charge on any atom is -0.340 e. The van der Waals surface area contributed by atoms with Gasteiger partial charge in [0.05, 0.1) is 5.69 Å². The Morgan fingerprint density at radius 2 is 1.79 bits per heavy atom. The lowest BCUT2D eigenvalue weighted by Crippen LogP contribution is -2.48. The first-order valence-corrected chi connectivity index (χ1v) is 8.35. The smallest absolute Gasteiger partial charge is 0.222 e. The van der Waals surface area contributed by atoms with Crippen LogP contribution < -0.4 is 0 Å². The van der Waals surface area contributed by atoms with Crippen LogP contribution in [0.15, 0.2) is 48.7 Å². The predicted molar refractivity (Wildman–Crippen MR) is 90.8 cm³/mol. The number of halogens is 1. The average Bonchev–Trinajstić information content (AvgIpc) is 2.62. The molecule has 1 aliphatic rings. The van der Waals surface area contributed by atoms with Gasteiger partial charge < -0.3 is 4.90 Å². The Balaban J connectivity index is 1.42. The average molecular weight is 327 g/mol. The SMILES string of the molecule is O=C(CCc1ccc(F)cc1)N1CCN(Cc2ccccn2)CC1. The molecule has 1 aromatic heterocycles. The molecule has 1 aromatic carbocycles. The molecule has 2 aromatic rings. The summed E-state index contributed by atoms with van der Waals surface area (Å²) in [6, 6.07) is 12.3. The van der Waals surface area contributed by atoms with E-state index in [9.17, 15) is 9.18 Å². The van der Waals surface area contributed by atoms with Gasteiger partial charge in [0, 0.05) is 45.3 Å². The van der Waals surface area contributed by atoms with Gasteiger partial charge in [-0.3, -0.25) is 14.7 Å². The fraction of sp³-hybridized carbons (Fsp3) is 0.368. The van der Waals surface area contributed by atoms with Gasteiger partial charge in [-0.2, -0.15) is 0 Å². The van der Waals surface area contributed by atoms with Crippen LogP contribution in [0, 0.1) is 5.82 Å². The predicted octanol–water partition coefficient (Wildman–Crippen LogP) is 2.50. The van der Waals surface area contributed by atoms with Crippen LogP contribution in [0.25, 0.3) is 0 Å². The zero-order valence-electron chi connectivity index (χ0n) is 13.7. The molecule has 0 spiro atoms. The van der Waals surface area contributed by atoms with E-state index < -0.39 is 0 Å². The van der Waals surface area contributed by atoms with Crippen molar-refractivity contribution in [2.45, 2.75) is 19.4 Å². The number of pyridine rings is 1. The number of nitrogens with zero attached hydrogens (tertiary/aromatic N) is 3. The van der Waals surface area contributed by atoms with Crippen molar-refractivity contribution in [3.8, 4) is 0 Å². The molecule has 24 heavy (non-hydrogen) atoms. The Bertz CT molecular complexity index is 652. The second-order valence-corrected chi connectivity index (χ2v) is 6.10. The first kappa shape index (κ1) is 16.6. The van der Waals surface area contributed by atoms with Gasteiger partial charge in [0.1, 0.15) is 5.82 Å². The largest absolute Gasteiger partial charge is 0.340 e. The van der Waals surface area contributed by atoms with Gasteiger partial charge >= 0.3 is 0 Å². The minimum absolute atomic E-state index is 0.178. The summed E-state index contributed by atoms with van der Waals surface area (Å²) in [7, 11) is 0.